The highest BCUT2D eigenvalue weighted by Gasteiger charge is 2.15. The zero-order chi connectivity index (χ0) is 20.4. The third-order valence-electron chi connectivity index (χ3n) is 4.10. The number of carboxylic acids is 1. The number of nitrogens with one attached hydrogen (secondary N) is 1. The average molecular weight is 383 g/mol. The smallest absolute Gasteiger partial charge is 0.339 e. The summed E-state index contributed by atoms with van der Waals surface area (Å²) >= 11 is 0. The molecule has 0 fully saturated rings. The Labute approximate surface area is 159 Å². The molecule has 144 valence electrons. The maximum absolute atomic E-state index is 12.1. The van der Waals surface area contributed by atoms with Crippen molar-refractivity contribution in [2.24, 2.45) is 0 Å². The molecule has 0 aliphatic carbocycles. The number of carbonyl (C=O) groups is 2. The normalized spacial score (nSPS) is 10.6. The lowest BCUT2D eigenvalue weighted by Gasteiger charge is -2.08. The van der Waals surface area contributed by atoms with Gasteiger partial charge in [0.05, 0.1) is 6.42 Å². The Hall–Kier alpha value is -3.94. The SMILES string of the molecule is Cc1oc(-c2ccc(NC(=O)Cc3cc(O)c(O)c(O)c3)cc2)cc1C(=O)O. The van der Waals surface area contributed by atoms with Gasteiger partial charge in [-0.05, 0) is 55.0 Å². The number of carbonyl (C=O) groups excluding carboxylic acids is 1. The van der Waals surface area contributed by atoms with Gasteiger partial charge < -0.3 is 30.2 Å². The van der Waals surface area contributed by atoms with Gasteiger partial charge in [-0.1, -0.05) is 0 Å². The Kier molecular flexibility index (Phi) is 4.95. The van der Waals surface area contributed by atoms with E-state index in [-0.39, 0.29) is 17.9 Å². The van der Waals surface area contributed by atoms with Gasteiger partial charge in [-0.3, -0.25) is 4.79 Å². The fraction of sp³-hybridized carbons (Fsp3) is 0.100. The lowest BCUT2D eigenvalue weighted by atomic mass is 10.1. The number of hydrogen-bond acceptors (Lipinski definition) is 6. The van der Waals surface area contributed by atoms with E-state index >= 15 is 0 Å². The minimum Gasteiger partial charge on any atom is -0.504 e. The lowest BCUT2D eigenvalue weighted by molar-refractivity contribution is -0.115. The molecule has 1 heterocycles. The maximum Gasteiger partial charge on any atom is 0.339 e. The van der Waals surface area contributed by atoms with Gasteiger partial charge in [-0.2, -0.15) is 0 Å². The standard InChI is InChI=1S/C20H17NO7/c1-10-14(20(26)27)9-17(28-10)12-2-4-13(5-3-12)21-18(24)8-11-6-15(22)19(25)16(23)7-11/h2-7,9,22-23,25H,8H2,1H3,(H,21,24)(H,26,27). The van der Waals surface area contributed by atoms with Crippen LogP contribution in [0.1, 0.15) is 21.7 Å². The molecule has 0 radical (unpaired) electrons. The monoisotopic (exact) mass is 383 g/mol. The Morgan fingerprint density at radius 1 is 1.00 bits per heavy atom. The first-order valence-corrected chi connectivity index (χ1v) is 8.22. The zero-order valence-electron chi connectivity index (χ0n) is 14.8. The number of hydrogen-bond donors (Lipinski definition) is 5. The molecule has 5 N–H and O–H groups in total. The van der Waals surface area contributed by atoms with Crippen LogP contribution in [-0.2, 0) is 11.2 Å². The van der Waals surface area contributed by atoms with E-state index in [9.17, 15) is 24.9 Å². The second kappa shape index (κ2) is 7.36. The molecular formula is C20H17NO7. The average Bonchev–Trinajstić information content (AvgIpc) is 3.02. The highest BCUT2D eigenvalue weighted by molar-refractivity contribution is 5.93. The molecule has 3 aromatic rings. The third-order valence-corrected chi connectivity index (χ3v) is 4.10. The van der Waals surface area contributed by atoms with Crippen LogP contribution < -0.4 is 5.32 Å². The summed E-state index contributed by atoms with van der Waals surface area (Å²) in [6, 6.07) is 10.5. The fourth-order valence-corrected chi connectivity index (χ4v) is 2.71. The largest absolute Gasteiger partial charge is 0.504 e. The number of carboxylic acid groups (broad SMARTS) is 1. The number of aromatic carboxylic acids is 1. The maximum atomic E-state index is 12.1. The van der Waals surface area contributed by atoms with Crippen LogP contribution in [0.15, 0.2) is 46.9 Å². The summed E-state index contributed by atoms with van der Waals surface area (Å²) in [6.07, 6.45) is -0.123. The number of benzene rings is 2. The molecule has 3 rings (SSSR count). The van der Waals surface area contributed by atoms with Gasteiger partial charge in [0.2, 0.25) is 5.91 Å². The van der Waals surface area contributed by atoms with Crippen molar-refractivity contribution < 1.29 is 34.4 Å². The number of anilines is 1. The number of phenolic OH excluding ortho intramolecular Hbond substituents is 3. The lowest BCUT2D eigenvalue weighted by Crippen LogP contribution is -2.14. The van der Waals surface area contributed by atoms with Gasteiger partial charge in [-0.25, -0.2) is 4.79 Å². The molecule has 1 amide bonds. The van der Waals surface area contributed by atoms with E-state index in [1.807, 2.05) is 0 Å². The van der Waals surface area contributed by atoms with E-state index in [4.69, 9.17) is 9.52 Å². The molecule has 0 saturated carbocycles. The summed E-state index contributed by atoms with van der Waals surface area (Å²) < 4.78 is 5.46. The third kappa shape index (κ3) is 3.90. The van der Waals surface area contributed by atoms with Gasteiger partial charge in [-0.15, -0.1) is 0 Å². The van der Waals surface area contributed by atoms with Crippen molar-refractivity contribution in [1.82, 2.24) is 0 Å². The van der Waals surface area contributed by atoms with Crippen LogP contribution in [0, 0.1) is 6.92 Å². The van der Waals surface area contributed by atoms with E-state index in [1.54, 1.807) is 31.2 Å². The quantitative estimate of drug-likeness (QED) is 0.426. The molecule has 8 heteroatoms. The molecule has 1 aromatic heterocycles. The summed E-state index contributed by atoms with van der Waals surface area (Å²) in [5.41, 5.74) is 1.58. The molecule has 2 aromatic carbocycles. The van der Waals surface area contributed by atoms with Crippen LogP contribution >= 0.6 is 0 Å². The van der Waals surface area contributed by atoms with E-state index in [1.165, 1.54) is 18.2 Å². The number of aryl methyl sites for hydroxylation is 1. The van der Waals surface area contributed by atoms with Crippen LogP contribution in [0.4, 0.5) is 5.69 Å². The number of rotatable bonds is 5. The number of furan rings is 1. The van der Waals surface area contributed by atoms with Crippen molar-refractivity contribution in [3.05, 3.63) is 59.4 Å². The van der Waals surface area contributed by atoms with E-state index in [0.29, 0.717) is 28.3 Å². The molecular weight excluding hydrogens is 366 g/mol. The van der Waals surface area contributed by atoms with Crippen LogP contribution in [0.5, 0.6) is 17.2 Å². The van der Waals surface area contributed by atoms with Crippen molar-refractivity contribution in [3.8, 4) is 28.6 Å². The first-order chi connectivity index (χ1) is 13.2. The fourth-order valence-electron chi connectivity index (χ4n) is 2.71. The first-order valence-electron chi connectivity index (χ1n) is 8.22. The van der Waals surface area contributed by atoms with Crippen molar-refractivity contribution in [2.45, 2.75) is 13.3 Å². The van der Waals surface area contributed by atoms with Gasteiger partial charge in [0.1, 0.15) is 17.1 Å². The number of amides is 1. The van der Waals surface area contributed by atoms with E-state index < -0.39 is 23.2 Å². The summed E-state index contributed by atoms with van der Waals surface area (Å²) in [6.45, 7) is 1.57. The molecule has 0 bridgehead atoms. The molecule has 8 nitrogen and oxygen atoms in total. The minimum absolute atomic E-state index is 0.0905. The molecule has 0 aliphatic rings. The zero-order valence-corrected chi connectivity index (χ0v) is 14.8. The number of aromatic hydroxyl groups is 3. The summed E-state index contributed by atoms with van der Waals surface area (Å²) in [7, 11) is 0. The topological polar surface area (TPSA) is 140 Å². The van der Waals surface area contributed by atoms with Gasteiger partial charge in [0, 0.05) is 11.3 Å². The molecule has 0 aliphatic heterocycles. The van der Waals surface area contributed by atoms with Crippen molar-refractivity contribution >= 4 is 17.6 Å². The van der Waals surface area contributed by atoms with E-state index in [0.717, 1.165) is 0 Å². The molecule has 0 atom stereocenters. The van der Waals surface area contributed by atoms with Crippen LogP contribution in [0.25, 0.3) is 11.3 Å². The summed E-state index contributed by atoms with van der Waals surface area (Å²) in [4.78, 5) is 23.2. The molecule has 0 saturated heterocycles. The van der Waals surface area contributed by atoms with Crippen LogP contribution in [-0.4, -0.2) is 32.3 Å². The Morgan fingerprint density at radius 2 is 1.61 bits per heavy atom. The minimum atomic E-state index is -1.07. The summed E-state index contributed by atoms with van der Waals surface area (Å²) in [5, 5.41) is 40.1. The summed E-state index contributed by atoms with van der Waals surface area (Å²) in [5.74, 6) is -2.41. The molecule has 0 spiro atoms. The Balaban J connectivity index is 1.69. The predicted molar refractivity (Wildman–Crippen MR) is 99.6 cm³/mol. The van der Waals surface area contributed by atoms with Gasteiger partial charge in [0.15, 0.2) is 17.2 Å². The van der Waals surface area contributed by atoms with Crippen LogP contribution in [0.2, 0.25) is 0 Å². The molecule has 0 unspecified atom stereocenters. The van der Waals surface area contributed by atoms with Crippen molar-refractivity contribution in [2.75, 3.05) is 5.32 Å². The second-order valence-corrected chi connectivity index (χ2v) is 6.17. The second-order valence-electron chi connectivity index (χ2n) is 6.17. The van der Waals surface area contributed by atoms with Crippen molar-refractivity contribution in [1.29, 1.82) is 0 Å². The van der Waals surface area contributed by atoms with Crippen molar-refractivity contribution in [3.63, 3.8) is 0 Å². The van der Waals surface area contributed by atoms with Crippen LogP contribution in [0.3, 0.4) is 0 Å². The first kappa shape index (κ1) is 18.8. The van der Waals surface area contributed by atoms with Gasteiger partial charge >= 0.3 is 5.97 Å². The highest BCUT2D eigenvalue weighted by Crippen LogP contribution is 2.35. The number of phenols is 3. The predicted octanol–water partition coefficient (Wildman–Crippen LogP) is 3.25. The Morgan fingerprint density at radius 3 is 2.14 bits per heavy atom. The van der Waals surface area contributed by atoms with E-state index in [2.05, 4.69) is 5.32 Å². The Bertz CT molecular complexity index is 1030. The highest BCUT2D eigenvalue weighted by atomic mass is 16.4. The molecule has 28 heavy (non-hydrogen) atoms. The van der Waals surface area contributed by atoms with Gasteiger partial charge in [0.25, 0.3) is 0 Å².